The van der Waals surface area contributed by atoms with E-state index in [9.17, 15) is 9.59 Å². The SMILES string of the molecule is COc1ccc(OC)c(NC(=O)C[C@H]2S/C(=N/Nc3ccccc3)NC2=O)c1. The van der Waals surface area contributed by atoms with Crippen molar-refractivity contribution < 1.29 is 19.1 Å². The van der Waals surface area contributed by atoms with Crippen LogP contribution in [0.15, 0.2) is 53.6 Å². The number of para-hydroxylation sites is 1. The summed E-state index contributed by atoms with van der Waals surface area (Å²) in [7, 11) is 3.05. The van der Waals surface area contributed by atoms with Crippen LogP contribution in [0, 0.1) is 0 Å². The third kappa shape index (κ3) is 4.95. The van der Waals surface area contributed by atoms with Gasteiger partial charge in [0.25, 0.3) is 0 Å². The number of hydrogen-bond donors (Lipinski definition) is 3. The number of hydrogen-bond acceptors (Lipinski definition) is 7. The number of rotatable bonds is 7. The average molecular weight is 400 g/mol. The first-order valence-electron chi connectivity index (χ1n) is 8.47. The van der Waals surface area contributed by atoms with Crippen LogP contribution in [0.4, 0.5) is 11.4 Å². The molecule has 3 rings (SSSR count). The van der Waals surface area contributed by atoms with Gasteiger partial charge in [-0.25, -0.2) is 0 Å². The van der Waals surface area contributed by atoms with Gasteiger partial charge in [-0.2, -0.15) is 0 Å². The van der Waals surface area contributed by atoms with Crippen molar-refractivity contribution in [3.63, 3.8) is 0 Å². The minimum absolute atomic E-state index is 0.00121. The first-order valence-corrected chi connectivity index (χ1v) is 9.35. The summed E-state index contributed by atoms with van der Waals surface area (Å²) in [6.45, 7) is 0. The highest BCUT2D eigenvalue weighted by Crippen LogP contribution is 2.30. The largest absolute Gasteiger partial charge is 0.497 e. The molecular weight excluding hydrogens is 380 g/mol. The Morgan fingerprint density at radius 1 is 1.18 bits per heavy atom. The van der Waals surface area contributed by atoms with Crippen LogP contribution in [0.25, 0.3) is 0 Å². The second-order valence-corrected chi connectivity index (χ2v) is 7.00. The molecule has 0 aliphatic carbocycles. The lowest BCUT2D eigenvalue weighted by molar-refractivity contribution is -0.122. The Morgan fingerprint density at radius 2 is 1.96 bits per heavy atom. The molecule has 146 valence electrons. The Hall–Kier alpha value is -3.20. The van der Waals surface area contributed by atoms with Crippen LogP contribution >= 0.6 is 11.8 Å². The number of carbonyl (C=O) groups is 2. The molecule has 8 nitrogen and oxygen atoms in total. The topological polar surface area (TPSA) is 101 Å². The zero-order chi connectivity index (χ0) is 19.9. The van der Waals surface area contributed by atoms with Crippen molar-refractivity contribution in [1.82, 2.24) is 5.32 Å². The van der Waals surface area contributed by atoms with Gasteiger partial charge in [0, 0.05) is 12.5 Å². The van der Waals surface area contributed by atoms with Crippen LogP contribution < -0.4 is 25.5 Å². The number of amidine groups is 1. The van der Waals surface area contributed by atoms with E-state index in [0.29, 0.717) is 22.4 Å². The van der Waals surface area contributed by atoms with Crippen molar-refractivity contribution in [2.45, 2.75) is 11.7 Å². The third-order valence-electron chi connectivity index (χ3n) is 3.89. The van der Waals surface area contributed by atoms with E-state index >= 15 is 0 Å². The predicted molar refractivity (Wildman–Crippen MR) is 110 cm³/mol. The molecule has 2 aromatic rings. The van der Waals surface area contributed by atoms with Crippen LogP contribution in [0.3, 0.4) is 0 Å². The number of anilines is 2. The molecule has 0 spiro atoms. The lowest BCUT2D eigenvalue weighted by atomic mass is 10.2. The molecule has 1 aliphatic rings. The highest BCUT2D eigenvalue weighted by Gasteiger charge is 2.32. The maximum Gasteiger partial charge on any atom is 0.240 e. The lowest BCUT2D eigenvalue weighted by Gasteiger charge is -2.12. The van der Waals surface area contributed by atoms with Crippen LogP contribution in [-0.4, -0.2) is 36.5 Å². The Morgan fingerprint density at radius 3 is 2.68 bits per heavy atom. The van der Waals surface area contributed by atoms with Gasteiger partial charge in [-0.15, -0.1) is 5.10 Å². The Bertz CT molecular complexity index is 889. The summed E-state index contributed by atoms with van der Waals surface area (Å²) in [5.74, 6) is 0.528. The number of ether oxygens (including phenoxy) is 2. The number of carbonyl (C=O) groups excluding carboxylic acids is 2. The summed E-state index contributed by atoms with van der Waals surface area (Å²) in [5, 5.41) is 9.46. The first kappa shape index (κ1) is 19.6. The first-order chi connectivity index (χ1) is 13.6. The quantitative estimate of drug-likeness (QED) is 0.618. The predicted octanol–water partition coefficient (Wildman–Crippen LogP) is 2.65. The second-order valence-electron chi connectivity index (χ2n) is 5.81. The van der Waals surface area contributed by atoms with E-state index in [2.05, 4.69) is 21.2 Å². The number of nitrogens with one attached hydrogen (secondary N) is 3. The molecule has 2 amide bonds. The van der Waals surface area contributed by atoms with Crippen molar-refractivity contribution in [1.29, 1.82) is 0 Å². The van der Waals surface area contributed by atoms with Gasteiger partial charge in [0.15, 0.2) is 5.17 Å². The molecule has 1 saturated heterocycles. The normalized spacial score (nSPS) is 17.1. The molecular formula is C19H20N4O4S. The van der Waals surface area contributed by atoms with Crippen molar-refractivity contribution >= 4 is 40.1 Å². The van der Waals surface area contributed by atoms with Crippen LogP contribution in [-0.2, 0) is 9.59 Å². The summed E-state index contributed by atoms with van der Waals surface area (Å²) in [4.78, 5) is 24.6. The molecule has 9 heteroatoms. The van der Waals surface area contributed by atoms with Gasteiger partial charge >= 0.3 is 0 Å². The second kappa shape index (κ2) is 9.14. The number of hydrazone groups is 1. The maximum absolute atomic E-state index is 12.4. The molecule has 3 N–H and O–H groups in total. The van der Waals surface area contributed by atoms with Crippen molar-refractivity contribution in [3.8, 4) is 11.5 Å². The van der Waals surface area contributed by atoms with Crippen LogP contribution in [0.1, 0.15) is 6.42 Å². The van der Waals surface area contributed by atoms with Crippen LogP contribution in [0.2, 0.25) is 0 Å². The summed E-state index contributed by atoms with van der Waals surface area (Å²) in [5.41, 5.74) is 4.15. The number of nitrogens with zero attached hydrogens (tertiary/aromatic N) is 1. The van der Waals surface area contributed by atoms with E-state index in [-0.39, 0.29) is 18.2 Å². The molecule has 28 heavy (non-hydrogen) atoms. The minimum Gasteiger partial charge on any atom is -0.497 e. The summed E-state index contributed by atoms with van der Waals surface area (Å²) < 4.78 is 10.4. The zero-order valence-corrected chi connectivity index (χ0v) is 16.2. The van der Waals surface area contributed by atoms with Crippen molar-refractivity contribution in [2.75, 3.05) is 25.0 Å². The number of benzene rings is 2. The standard InChI is InChI=1S/C19H20N4O4S/c1-26-13-8-9-15(27-2)14(10-13)20-17(24)11-16-18(25)21-19(28-16)23-22-12-6-4-3-5-7-12/h3-10,16,22H,11H2,1-2H3,(H,20,24)(H,21,23,25)/t16-/m1/s1. The van der Waals surface area contributed by atoms with Gasteiger partial charge in [0.2, 0.25) is 11.8 Å². The zero-order valence-electron chi connectivity index (χ0n) is 15.4. The Kier molecular flexibility index (Phi) is 6.38. The Labute approximate surface area is 166 Å². The maximum atomic E-state index is 12.4. The van der Waals surface area contributed by atoms with Crippen LogP contribution in [0.5, 0.6) is 11.5 Å². The van der Waals surface area contributed by atoms with E-state index < -0.39 is 5.25 Å². The monoisotopic (exact) mass is 400 g/mol. The molecule has 1 heterocycles. The van der Waals surface area contributed by atoms with E-state index in [1.807, 2.05) is 30.3 Å². The van der Waals surface area contributed by atoms with Gasteiger partial charge < -0.3 is 20.1 Å². The minimum atomic E-state index is -0.562. The fourth-order valence-electron chi connectivity index (χ4n) is 2.50. The van der Waals surface area contributed by atoms with Gasteiger partial charge in [0.05, 0.1) is 25.6 Å². The van der Waals surface area contributed by atoms with E-state index in [4.69, 9.17) is 9.47 Å². The van der Waals surface area contributed by atoms with Gasteiger partial charge in [-0.05, 0) is 24.3 Å². The molecule has 2 aromatic carbocycles. The average Bonchev–Trinajstić information content (AvgIpc) is 3.06. The number of methoxy groups -OCH3 is 2. The third-order valence-corrected chi connectivity index (χ3v) is 4.97. The molecule has 0 radical (unpaired) electrons. The lowest BCUT2D eigenvalue weighted by Crippen LogP contribution is -2.28. The highest BCUT2D eigenvalue weighted by atomic mass is 32.2. The van der Waals surface area contributed by atoms with Gasteiger partial charge in [0.1, 0.15) is 16.7 Å². The summed E-state index contributed by atoms with van der Waals surface area (Å²) >= 11 is 1.20. The molecule has 1 aliphatic heterocycles. The van der Waals surface area contributed by atoms with E-state index in [1.165, 1.54) is 26.0 Å². The molecule has 0 unspecified atom stereocenters. The highest BCUT2D eigenvalue weighted by molar-refractivity contribution is 8.15. The molecule has 0 saturated carbocycles. The molecule has 0 aromatic heterocycles. The van der Waals surface area contributed by atoms with Crippen molar-refractivity contribution in [2.24, 2.45) is 5.10 Å². The Balaban J connectivity index is 1.59. The van der Waals surface area contributed by atoms with Gasteiger partial charge in [-0.3, -0.25) is 15.0 Å². The van der Waals surface area contributed by atoms with E-state index in [1.54, 1.807) is 18.2 Å². The summed E-state index contributed by atoms with van der Waals surface area (Å²) in [6, 6.07) is 14.5. The molecule has 1 fully saturated rings. The fraction of sp³-hybridized carbons (Fsp3) is 0.211. The molecule has 1 atom stereocenters. The summed E-state index contributed by atoms with van der Waals surface area (Å²) in [6.07, 6.45) is 0.00121. The van der Waals surface area contributed by atoms with Crippen molar-refractivity contribution in [3.05, 3.63) is 48.5 Å². The number of amides is 2. The number of thioether (sulfide) groups is 1. The smallest absolute Gasteiger partial charge is 0.240 e. The van der Waals surface area contributed by atoms with E-state index in [0.717, 1.165) is 5.69 Å². The van der Waals surface area contributed by atoms with Gasteiger partial charge in [-0.1, -0.05) is 30.0 Å². The molecule has 0 bridgehead atoms. The fourth-order valence-corrected chi connectivity index (χ4v) is 3.43.